The molecule has 4 heterocycles. The fraction of sp³-hybridized carbons (Fsp3) is 0.568. The second kappa shape index (κ2) is 14.5. The molecule has 0 aromatic heterocycles. The molecule has 270 valence electrons. The van der Waals surface area contributed by atoms with Crippen LogP contribution in [-0.4, -0.2) is 91.8 Å². The predicted octanol–water partition coefficient (Wildman–Crippen LogP) is 3.20. The molecule has 0 radical (unpaired) electrons. The van der Waals surface area contributed by atoms with Crippen LogP contribution in [-0.2, 0) is 47.2 Å². The number of methoxy groups -OCH3 is 1. The van der Waals surface area contributed by atoms with Gasteiger partial charge in [0.25, 0.3) is 5.91 Å². The topological polar surface area (TPSA) is 158 Å². The largest absolute Gasteiger partial charge is 0.469 e. The van der Waals surface area contributed by atoms with Crippen LogP contribution in [0.15, 0.2) is 42.5 Å². The van der Waals surface area contributed by atoms with E-state index in [1.807, 2.05) is 56.4 Å². The predicted molar refractivity (Wildman–Crippen MR) is 190 cm³/mol. The van der Waals surface area contributed by atoms with Gasteiger partial charge in [-0.15, -0.1) is 0 Å². The fourth-order valence-corrected chi connectivity index (χ4v) is 11.2. The summed E-state index contributed by atoms with van der Waals surface area (Å²) in [5.41, 5.74) is 1.93. The van der Waals surface area contributed by atoms with Gasteiger partial charge in [0.15, 0.2) is 13.9 Å². The smallest absolute Gasteiger partial charge is 0.305 e. The number of anilines is 2. The Balaban J connectivity index is 1.33. The molecular formula is C37H50N4O8Si. The fourth-order valence-electron chi connectivity index (χ4n) is 8.69. The minimum atomic E-state index is -3.07. The molecule has 1 spiro atoms. The van der Waals surface area contributed by atoms with Crippen molar-refractivity contribution >= 4 is 43.4 Å². The highest BCUT2D eigenvalue weighted by atomic mass is 28.4. The van der Waals surface area contributed by atoms with Crippen LogP contribution in [0.4, 0.5) is 11.4 Å². The quantitative estimate of drug-likeness (QED) is 0.157. The van der Waals surface area contributed by atoms with Gasteiger partial charge in [0.05, 0.1) is 44.0 Å². The van der Waals surface area contributed by atoms with Crippen molar-refractivity contribution in [2.45, 2.75) is 101 Å². The molecular weight excluding hydrogens is 657 g/mol. The Hall–Kier alpha value is -3.62. The molecule has 6 atom stereocenters. The number of carbonyl (C=O) groups excluding carboxylic acids is 4. The highest BCUT2D eigenvalue weighted by Gasteiger charge is 2.66. The molecule has 2 fully saturated rings. The monoisotopic (exact) mass is 706 g/mol. The van der Waals surface area contributed by atoms with Crippen LogP contribution >= 0.6 is 0 Å². The van der Waals surface area contributed by atoms with Crippen molar-refractivity contribution in [2.24, 2.45) is 5.92 Å². The maximum Gasteiger partial charge on any atom is 0.305 e. The number of aliphatic hydroxyl groups is 1. The third-order valence-corrected chi connectivity index (χ3v) is 13.6. The lowest BCUT2D eigenvalue weighted by Gasteiger charge is -2.37. The first-order valence-corrected chi connectivity index (χ1v) is 20.9. The molecule has 4 aliphatic rings. The summed E-state index contributed by atoms with van der Waals surface area (Å²) in [5, 5.41) is 16.5. The second-order valence-electron chi connectivity index (χ2n) is 14.8. The van der Waals surface area contributed by atoms with Gasteiger partial charge < -0.3 is 39.8 Å². The van der Waals surface area contributed by atoms with E-state index in [2.05, 4.69) is 10.6 Å². The van der Waals surface area contributed by atoms with Crippen LogP contribution in [0.3, 0.4) is 0 Å². The lowest BCUT2D eigenvalue weighted by molar-refractivity contribution is -0.151. The first-order valence-electron chi connectivity index (χ1n) is 17.8. The highest BCUT2D eigenvalue weighted by molar-refractivity contribution is 6.71. The van der Waals surface area contributed by atoms with Crippen molar-refractivity contribution < 1.29 is 38.6 Å². The Bertz CT molecular complexity index is 1620. The van der Waals surface area contributed by atoms with Crippen LogP contribution in [0.5, 0.6) is 0 Å². The van der Waals surface area contributed by atoms with E-state index in [0.29, 0.717) is 49.3 Å². The van der Waals surface area contributed by atoms with Crippen molar-refractivity contribution in [2.75, 3.05) is 37.0 Å². The summed E-state index contributed by atoms with van der Waals surface area (Å²) < 4.78 is 11.7. The van der Waals surface area contributed by atoms with Gasteiger partial charge in [0, 0.05) is 42.2 Å². The third-order valence-electron chi connectivity index (χ3n) is 11.1. The maximum absolute atomic E-state index is 14.8. The van der Waals surface area contributed by atoms with Gasteiger partial charge in [-0.1, -0.05) is 31.2 Å². The summed E-state index contributed by atoms with van der Waals surface area (Å²) in [6, 6.07) is 12.6. The van der Waals surface area contributed by atoms with Crippen LogP contribution in [0, 0.1) is 5.92 Å². The lowest BCUT2D eigenvalue weighted by Crippen LogP contribution is -2.48. The summed E-state index contributed by atoms with van der Waals surface area (Å²) in [6.07, 6.45) is 2.68. The van der Waals surface area contributed by atoms with E-state index in [4.69, 9.17) is 9.47 Å². The zero-order valence-corrected chi connectivity index (χ0v) is 30.4. The van der Waals surface area contributed by atoms with E-state index in [1.165, 1.54) is 7.11 Å². The summed E-state index contributed by atoms with van der Waals surface area (Å²) >= 11 is 0. The maximum atomic E-state index is 14.8. The van der Waals surface area contributed by atoms with Crippen molar-refractivity contribution in [3.05, 3.63) is 59.2 Å². The number of hydrogen-bond acceptors (Lipinski definition) is 9. The number of esters is 1. The van der Waals surface area contributed by atoms with Crippen molar-refractivity contribution in [1.29, 1.82) is 0 Å². The average Bonchev–Trinajstić information content (AvgIpc) is 3.79. The first kappa shape index (κ1) is 36.2. The van der Waals surface area contributed by atoms with Gasteiger partial charge in [0.1, 0.15) is 0 Å². The molecule has 4 N–H and O–H groups in total. The SMILES string of the molecule is COC(=O)CCCCN1C(=O)[C@@]2(O[C@@H](CC(=O)N3Cc4ccccc4C[C@H]3CO)[C@H]([Si](C)(C)O)[C@H]2C)c2cc(NC(=O)[C@H]3CCCN3)ccc21. The molecule has 2 aromatic carbocycles. The van der Waals surface area contributed by atoms with E-state index >= 15 is 0 Å². The minimum Gasteiger partial charge on any atom is -0.469 e. The molecule has 0 bridgehead atoms. The van der Waals surface area contributed by atoms with E-state index in [1.54, 1.807) is 15.9 Å². The zero-order chi connectivity index (χ0) is 35.8. The summed E-state index contributed by atoms with van der Waals surface area (Å²) in [4.78, 5) is 69.0. The average molecular weight is 707 g/mol. The molecule has 2 saturated heterocycles. The number of nitrogens with zero attached hydrogens (tertiary/aromatic N) is 2. The normalized spacial score (nSPS) is 27.4. The number of carbonyl (C=O) groups is 4. The Labute approximate surface area is 294 Å². The van der Waals surface area contributed by atoms with Crippen molar-refractivity contribution in [3.8, 4) is 0 Å². The summed E-state index contributed by atoms with van der Waals surface area (Å²) in [7, 11) is -1.72. The van der Waals surface area contributed by atoms with Gasteiger partial charge in [-0.25, -0.2) is 0 Å². The Morgan fingerprint density at radius 3 is 2.58 bits per heavy atom. The molecule has 4 aliphatic heterocycles. The van der Waals surface area contributed by atoms with Crippen LogP contribution in [0.1, 0.15) is 62.1 Å². The van der Waals surface area contributed by atoms with E-state index in [-0.39, 0.29) is 49.2 Å². The van der Waals surface area contributed by atoms with Crippen LogP contribution in [0.25, 0.3) is 0 Å². The zero-order valence-electron chi connectivity index (χ0n) is 29.4. The molecule has 6 rings (SSSR count). The molecule has 0 aliphatic carbocycles. The summed E-state index contributed by atoms with van der Waals surface area (Å²) in [5.74, 6) is -1.45. The molecule has 3 amide bonds. The number of amides is 3. The van der Waals surface area contributed by atoms with Crippen molar-refractivity contribution in [1.82, 2.24) is 10.2 Å². The Morgan fingerprint density at radius 1 is 1.14 bits per heavy atom. The number of hydrogen-bond donors (Lipinski definition) is 4. The number of fused-ring (bicyclic) bond motifs is 3. The Kier molecular flexibility index (Phi) is 10.5. The van der Waals surface area contributed by atoms with Gasteiger partial charge in [-0.3, -0.25) is 19.2 Å². The number of nitrogens with one attached hydrogen (secondary N) is 2. The number of aliphatic hydroxyl groups excluding tert-OH is 1. The third kappa shape index (κ3) is 6.73. The minimum absolute atomic E-state index is 0.0576. The molecule has 0 saturated carbocycles. The van der Waals surface area contributed by atoms with Crippen LogP contribution in [0.2, 0.25) is 18.6 Å². The molecule has 50 heavy (non-hydrogen) atoms. The lowest BCUT2D eigenvalue weighted by atomic mass is 9.82. The van der Waals surface area contributed by atoms with E-state index < -0.39 is 37.5 Å². The van der Waals surface area contributed by atoms with Gasteiger partial charge >= 0.3 is 5.97 Å². The number of ether oxygens (including phenoxy) is 2. The standard InChI is InChI=1S/C37H50N4O8Si/c1-23-34(50(3,4)47)31(20-32(43)41-21-25-11-6-5-10-24(25)18-27(41)22-42)49-37(23)28-19-26(39-35(45)29-12-9-16-38-29)14-15-30(28)40(36(37)46)17-8-7-13-33(44)48-2/h5-6,10-11,14-15,19,23,27,29,31,34,38,42,47H,7-9,12-13,16-18,20-22H2,1-4H3,(H,39,45)/t23-,27+,29-,31+,34-,37+/m1/s1. The second-order valence-corrected chi connectivity index (χ2v) is 18.7. The van der Waals surface area contributed by atoms with Gasteiger partial charge in [0.2, 0.25) is 11.8 Å². The first-order chi connectivity index (χ1) is 23.9. The number of unbranched alkanes of at least 4 members (excludes halogenated alkanes) is 1. The Morgan fingerprint density at radius 2 is 1.90 bits per heavy atom. The molecule has 2 aromatic rings. The molecule has 13 heteroatoms. The summed E-state index contributed by atoms with van der Waals surface area (Å²) in [6.45, 7) is 6.84. The van der Waals surface area contributed by atoms with Crippen LogP contribution < -0.4 is 15.5 Å². The highest BCUT2D eigenvalue weighted by Crippen LogP contribution is 2.60. The molecule has 0 unspecified atom stereocenters. The number of rotatable bonds is 11. The molecule has 12 nitrogen and oxygen atoms in total. The number of benzene rings is 2. The van der Waals surface area contributed by atoms with E-state index in [0.717, 1.165) is 30.5 Å². The van der Waals surface area contributed by atoms with Gasteiger partial charge in [-0.05, 0) is 81.1 Å². The van der Waals surface area contributed by atoms with E-state index in [9.17, 15) is 29.1 Å². The van der Waals surface area contributed by atoms with Gasteiger partial charge in [-0.2, -0.15) is 0 Å². The van der Waals surface area contributed by atoms with Crippen molar-refractivity contribution in [3.63, 3.8) is 0 Å².